The van der Waals surface area contributed by atoms with Gasteiger partial charge in [-0.25, -0.2) is 9.59 Å². The molecule has 1 amide bonds. The molecule has 0 saturated carbocycles. The van der Waals surface area contributed by atoms with E-state index in [2.05, 4.69) is 0 Å². The Morgan fingerprint density at radius 2 is 1.87 bits per heavy atom. The van der Waals surface area contributed by atoms with Crippen LogP contribution in [-0.4, -0.2) is 42.3 Å². The van der Waals surface area contributed by atoms with E-state index in [1.54, 1.807) is 0 Å². The van der Waals surface area contributed by atoms with Gasteiger partial charge < -0.3 is 9.47 Å². The molecule has 0 radical (unpaired) electrons. The number of benzene rings is 1. The molecular formula is C18H25NO4. The molecule has 0 aliphatic carbocycles. The number of esters is 1. The first-order valence-corrected chi connectivity index (χ1v) is 7.86. The number of rotatable bonds is 2. The van der Waals surface area contributed by atoms with Crippen LogP contribution in [0.4, 0.5) is 4.79 Å². The first kappa shape index (κ1) is 17.3. The summed E-state index contributed by atoms with van der Waals surface area (Å²) < 4.78 is 10.3. The van der Waals surface area contributed by atoms with Gasteiger partial charge >= 0.3 is 12.1 Å². The summed E-state index contributed by atoms with van der Waals surface area (Å²) in [5, 5.41) is 0. The molecule has 126 valence electrons. The molecule has 1 saturated heterocycles. The van der Waals surface area contributed by atoms with Gasteiger partial charge in [-0.05, 0) is 45.2 Å². The molecule has 1 heterocycles. The second-order valence-corrected chi connectivity index (χ2v) is 6.96. The molecule has 23 heavy (non-hydrogen) atoms. The summed E-state index contributed by atoms with van der Waals surface area (Å²) in [6, 6.07) is 7.45. The van der Waals surface area contributed by atoms with E-state index in [-0.39, 0.29) is 5.92 Å². The summed E-state index contributed by atoms with van der Waals surface area (Å²) >= 11 is 0. The number of likely N-dealkylation sites (tertiary alicyclic amines) is 1. The van der Waals surface area contributed by atoms with Crippen molar-refractivity contribution in [3.8, 4) is 0 Å². The molecule has 0 bridgehead atoms. The van der Waals surface area contributed by atoms with E-state index in [0.29, 0.717) is 13.0 Å². The number of hydrogen-bond donors (Lipinski definition) is 0. The van der Waals surface area contributed by atoms with Crippen molar-refractivity contribution in [1.29, 1.82) is 0 Å². The van der Waals surface area contributed by atoms with Gasteiger partial charge in [-0.2, -0.15) is 0 Å². The lowest BCUT2D eigenvalue weighted by Gasteiger charge is -2.27. The third kappa shape index (κ3) is 4.03. The van der Waals surface area contributed by atoms with Crippen molar-refractivity contribution in [2.45, 2.75) is 51.7 Å². The van der Waals surface area contributed by atoms with Crippen LogP contribution < -0.4 is 0 Å². The fourth-order valence-electron chi connectivity index (χ4n) is 2.99. The maximum atomic E-state index is 12.4. The van der Waals surface area contributed by atoms with E-state index in [1.807, 2.05) is 52.0 Å². The quantitative estimate of drug-likeness (QED) is 0.785. The first-order valence-electron chi connectivity index (χ1n) is 7.86. The van der Waals surface area contributed by atoms with Gasteiger partial charge in [0.05, 0.1) is 7.11 Å². The van der Waals surface area contributed by atoms with Crippen molar-refractivity contribution in [1.82, 2.24) is 4.90 Å². The number of carbonyl (C=O) groups excluding carboxylic acids is 2. The second kappa shape index (κ2) is 6.60. The average molecular weight is 319 g/mol. The number of carbonyl (C=O) groups is 2. The monoisotopic (exact) mass is 319 g/mol. The van der Waals surface area contributed by atoms with Gasteiger partial charge in [0.1, 0.15) is 11.6 Å². The minimum atomic E-state index is -0.599. The molecule has 1 aliphatic heterocycles. The molecule has 5 heteroatoms. The van der Waals surface area contributed by atoms with Crippen LogP contribution in [0.1, 0.15) is 44.2 Å². The molecule has 0 unspecified atom stereocenters. The molecule has 2 atom stereocenters. The van der Waals surface area contributed by atoms with Crippen LogP contribution in [0.5, 0.6) is 0 Å². The summed E-state index contributed by atoms with van der Waals surface area (Å²) in [6.07, 6.45) is 0.0838. The minimum absolute atomic E-state index is 0.104. The summed E-state index contributed by atoms with van der Waals surface area (Å²) in [5.41, 5.74) is 1.72. The zero-order chi connectivity index (χ0) is 17.2. The maximum absolute atomic E-state index is 12.4. The Morgan fingerprint density at radius 1 is 1.22 bits per heavy atom. The number of methoxy groups -OCH3 is 1. The van der Waals surface area contributed by atoms with E-state index in [4.69, 9.17) is 9.47 Å². The summed E-state index contributed by atoms with van der Waals surface area (Å²) in [5.74, 6) is -0.292. The number of hydrogen-bond acceptors (Lipinski definition) is 4. The molecule has 5 nitrogen and oxygen atoms in total. The second-order valence-electron chi connectivity index (χ2n) is 6.96. The Hall–Kier alpha value is -2.04. The SMILES string of the molecule is COC(=O)[C@@H]1C[C@@H](c2ccccc2C)CN1C(=O)OC(C)(C)C. The van der Waals surface area contributed by atoms with Crippen LogP contribution in [0.3, 0.4) is 0 Å². The van der Waals surface area contributed by atoms with E-state index in [9.17, 15) is 9.59 Å². The zero-order valence-corrected chi connectivity index (χ0v) is 14.5. The zero-order valence-electron chi connectivity index (χ0n) is 14.5. The fourth-order valence-corrected chi connectivity index (χ4v) is 2.99. The molecule has 1 aromatic rings. The maximum Gasteiger partial charge on any atom is 0.411 e. The summed E-state index contributed by atoms with van der Waals surface area (Å²) in [4.78, 5) is 26.0. The Bertz CT molecular complexity index is 591. The smallest absolute Gasteiger partial charge is 0.411 e. The van der Waals surface area contributed by atoms with Crippen LogP contribution in [0, 0.1) is 6.92 Å². The molecule has 0 spiro atoms. The van der Waals surface area contributed by atoms with Gasteiger partial charge in [-0.1, -0.05) is 24.3 Å². The lowest BCUT2D eigenvalue weighted by atomic mass is 9.93. The number of amides is 1. The van der Waals surface area contributed by atoms with Crippen molar-refractivity contribution in [3.05, 3.63) is 35.4 Å². The van der Waals surface area contributed by atoms with E-state index in [1.165, 1.54) is 12.0 Å². The Labute approximate surface area is 137 Å². The Morgan fingerprint density at radius 3 is 2.43 bits per heavy atom. The van der Waals surface area contributed by atoms with Crippen LogP contribution in [0.15, 0.2) is 24.3 Å². The van der Waals surface area contributed by atoms with Crippen LogP contribution >= 0.6 is 0 Å². The van der Waals surface area contributed by atoms with Crippen molar-refractivity contribution in [3.63, 3.8) is 0 Å². The van der Waals surface area contributed by atoms with Gasteiger partial charge in [0.2, 0.25) is 0 Å². The van der Waals surface area contributed by atoms with Crippen molar-refractivity contribution in [2.75, 3.05) is 13.7 Å². The number of ether oxygens (including phenoxy) is 2. The molecule has 1 aliphatic rings. The molecule has 2 rings (SSSR count). The van der Waals surface area contributed by atoms with E-state index < -0.39 is 23.7 Å². The van der Waals surface area contributed by atoms with Crippen molar-refractivity contribution < 1.29 is 19.1 Å². The third-order valence-electron chi connectivity index (χ3n) is 4.03. The predicted octanol–water partition coefficient (Wildman–Crippen LogP) is 3.26. The summed E-state index contributed by atoms with van der Waals surface area (Å²) in [7, 11) is 1.34. The largest absolute Gasteiger partial charge is 0.467 e. The van der Waals surface area contributed by atoms with E-state index >= 15 is 0 Å². The summed E-state index contributed by atoms with van der Waals surface area (Å²) in [6.45, 7) is 7.94. The number of nitrogens with zero attached hydrogens (tertiary/aromatic N) is 1. The highest BCUT2D eigenvalue weighted by molar-refractivity contribution is 5.82. The lowest BCUT2D eigenvalue weighted by molar-refractivity contribution is -0.145. The lowest BCUT2D eigenvalue weighted by Crippen LogP contribution is -2.43. The Balaban J connectivity index is 2.24. The normalized spacial score (nSPS) is 21.2. The third-order valence-corrected chi connectivity index (χ3v) is 4.03. The van der Waals surface area contributed by atoms with Gasteiger partial charge in [0.25, 0.3) is 0 Å². The van der Waals surface area contributed by atoms with Crippen molar-refractivity contribution >= 4 is 12.1 Å². The van der Waals surface area contributed by atoms with E-state index in [0.717, 1.165) is 11.1 Å². The first-order chi connectivity index (χ1) is 10.7. The van der Waals surface area contributed by atoms with Gasteiger partial charge in [0, 0.05) is 12.5 Å². The van der Waals surface area contributed by atoms with Gasteiger partial charge in [-0.15, -0.1) is 0 Å². The highest BCUT2D eigenvalue weighted by atomic mass is 16.6. The van der Waals surface area contributed by atoms with Crippen LogP contribution in [-0.2, 0) is 14.3 Å². The number of aryl methyl sites for hydroxylation is 1. The average Bonchev–Trinajstić information content (AvgIpc) is 2.90. The molecular weight excluding hydrogens is 294 g/mol. The molecule has 0 aromatic heterocycles. The van der Waals surface area contributed by atoms with Crippen molar-refractivity contribution in [2.24, 2.45) is 0 Å². The van der Waals surface area contributed by atoms with Gasteiger partial charge in [-0.3, -0.25) is 4.90 Å². The van der Waals surface area contributed by atoms with Gasteiger partial charge in [0.15, 0.2) is 0 Å². The van der Waals surface area contributed by atoms with Crippen LogP contribution in [0.2, 0.25) is 0 Å². The standard InChI is InChI=1S/C18H25NO4/c1-12-8-6-7-9-14(12)13-10-15(16(20)22-5)19(11-13)17(21)23-18(2,3)4/h6-9,13,15H,10-11H2,1-5H3/t13-,15+/m1/s1. The van der Waals surface area contributed by atoms with Crippen LogP contribution in [0.25, 0.3) is 0 Å². The topological polar surface area (TPSA) is 55.8 Å². The molecule has 1 fully saturated rings. The highest BCUT2D eigenvalue weighted by Crippen LogP contribution is 2.34. The minimum Gasteiger partial charge on any atom is -0.467 e. The highest BCUT2D eigenvalue weighted by Gasteiger charge is 2.42. The predicted molar refractivity (Wildman–Crippen MR) is 87.3 cm³/mol. The molecule has 0 N–H and O–H groups in total. The Kier molecular flexibility index (Phi) is 4.97. The fraction of sp³-hybridized carbons (Fsp3) is 0.556. The molecule has 1 aromatic carbocycles.